The molecule has 6 nitrogen and oxygen atoms in total. The van der Waals surface area contributed by atoms with Crippen molar-refractivity contribution in [2.75, 3.05) is 7.05 Å². The molecule has 0 saturated heterocycles. The summed E-state index contributed by atoms with van der Waals surface area (Å²) in [6.07, 6.45) is 3.37. The highest BCUT2D eigenvalue weighted by molar-refractivity contribution is 7.92. The van der Waals surface area contributed by atoms with E-state index in [4.69, 9.17) is 18.0 Å². The molecule has 0 amide bonds. The lowest BCUT2D eigenvalue weighted by molar-refractivity contribution is 0.449. The number of sulfonamides is 1. The molecule has 0 aliphatic rings. The zero-order valence-electron chi connectivity index (χ0n) is 9.99. The molecule has 0 spiro atoms. The van der Waals surface area contributed by atoms with Crippen LogP contribution < -0.4 is 5.73 Å². The van der Waals surface area contributed by atoms with Crippen molar-refractivity contribution < 1.29 is 8.42 Å². The van der Waals surface area contributed by atoms with Crippen molar-refractivity contribution in [3.05, 3.63) is 18.2 Å². The molecule has 96 valence electrons. The van der Waals surface area contributed by atoms with Gasteiger partial charge in [-0.1, -0.05) is 12.2 Å². The Balaban J connectivity index is 2.87. The van der Waals surface area contributed by atoms with E-state index in [0.29, 0.717) is 5.82 Å². The monoisotopic (exact) mass is 276 g/mol. The zero-order chi connectivity index (χ0) is 13.2. The van der Waals surface area contributed by atoms with Crippen LogP contribution in [0.15, 0.2) is 12.4 Å². The molecule has 1 aromatic rings. The molecule has 0 bridgehead atoms. The third kappa shape index (κ3) is 3.02. The Morgan fingerprint density at radius 3 is 2.71 bits per heavy atom. The van der Waals surface area contributed by atoms with Gasteiger partial charge in [0, 0.05) is 26.5 Å². The molecule has 0 saturated carbocycles. The summed E-state index contributed by atoms with van der Waals surface area (Å²) in [4.78, 5) is 4.04. The van der Waals surface area contributed by atoms with Crippen molar-refractivity contribution in [1.82, 2.24) is 13.9 Å². The maximum absolute atomic E-state index is 12.0. The van der Waals surface area contributed by atoms with Gasteiger partial charge >= 0.3 is 0 Å². The summed E-state index contributed by atoms with van der Waals surface area (Å²) in [6.45, 7) is 1.67. The van der Waals surface area contributed by atoms with Gasteiger partial charge in [-0.3, -0.25) is 0 Å². The predicted molar refractivity (Wildman–Crippen MR) is 69.8 cm³/mol. The van der Waals surface area contributed by atoms with E-state index in [-0.39, 0.29) is 11.5 Å². The molecule has 0 radical (unpaired) electrons. The van der Waals surface area contributed by atoms with Crippen molar-refractivity contribution in [2.24, 2.45) is 12.8 Å². The highest BCUT2D eigenvalue weighted by atomic mass is 32.2. The van der Waals surface area contributed by atoms with Crippen LogP contribution in [0.25, 0.3) is 0 Å². The molecule has 2 N–H and O–H groups in total. The van der Waals surface area contributed by atoms with E-state index in [2.05, 4.69) is 4.98 Å². The van der Waals surface area contributed by atoms with Crippen LogP contribution in [0.2, 0.25) is 0 Å². The average Bonchev–Trinajstić information content (AvgIpc) is 2.63. The average molecular weight is 276 g/mol. The van der Waals surface area contributed by atoms with Gasteiger partial charge < -0.3 is 10.3 Å². The Morgan fingerprint density at radius 1 is 1.71 bits per heavy atom. The minimum atomic E-state index is -3.52. The number of aromatic nitrogens is 2. The Labute approximate surface area is 106 Å². The highest BCUT2D eigenvalue weighted by Crippen LogP contribution is 2.10. The highest BCUT2D eigenvalue weighted by Gasteiger charge is 2.28. The van der Waals surface area contributed by atoms with Gasteiger partial charge in [0.2, 0.25) is 10.0 Å². The summed E-state index contributed by atoms with van der Waals surface area (Å²) < 4.78 is 27.0. The van der Waals surface area contributed by atoms with Gasteiger partial charge in [0.05, 0.1) is 11.5 Å². The molecule has 0 aliphatic carbocycles. The van der Waals surface area contributed by atoms with Gasteiger partial charge in [-0.25, -0.2) is 13.4 Å². The smallest absolute Gasteiger partial charge is 0.223 e. The third-order valence-corrected chi connectivity index (χ3v) is 5.22. The molecule has 1 aromatic heterocycles. The summed E-state index contributed by atoms with van der Waals surface area (Å²) in [5.74, 6) is 0.659. The summed E-state index contributed by atoms with van der Waals surface area (Å²) in [6, 6.07) is 0. The second-order valence-electron chi connectivity index (χ2n) is 3.80. The van der Waals surface area contributed by atoms with Crippen molar-refractivity contribution in [2.45, 2.75) is 18.7 Å². The number of hydrogen-bond donors (Lipinski definition) is 1. The van der Waals surface area contributed by atoms with Crippen LogP contribution >= 0.6 is 12.2 Å². The molecule has 1 rings (SSSR count). The van der Waals surface area contributed by atoms with Crippen LogP contribution in [0.5, 0.6) is 0 Å². The van der Waals surface area contributed by atoms with E-state index in [1.165, 1.54) is 18.3 Å². The first-order valence-electron chi connectivity index (χ1n) is 4.97. The van der Waals surface area contributed by atoms with Crippen LogP contribution in [0, 0.1) is 0 Å². The molecule has 0 aromatic carbocycles. The fourth-order valence-electron chi connectivity index (χ4n) is 1.25. The number of imidazole rings is 1. The maximum atomic E-state index is 12.0. The van der Waals surface area contributed by atoms with Gasteiger partial charge in [0.15, 0.2) is 0 Å². The van der Waals surface area contributed by atoms with Crippen LogP contribution in [0.3, 0.4) is 0 Å². The number of aryl methyl sites for hydroxylation is 1. The lowest BCUT2D eigenvalue weighted by Crippen LogP contribution is -2.41. The largest absolute Gasteiger partial charge is 0.392 e. The van der Waals surface area contributed by atoms with Gasteiger partial charge in [0.25, 0.3) is 0 Å². The van der Waals surface area contributed by atoms with E-state index in [1.807, 2.05) is 0 Å². The SMILES string of the molecule is CC(C(N)=S)S(=O)(=O)N(C)Cc1nccn1C. The Kier molecular flexibility index (Phi) is 4.23. The zero-order valence-corrected chi connectivity index (χ0v) is 11.6. The second-order valence-corrected chi connectivity index (χ2v) is 6.63. The minimum Gasteiger partial charge on any atom is -0.392 e. The lowest BCUT2D eigenvalue weighted by Gasteiger charge is -2.20. The Morgan fingerprint density at radius 2 is 2.29 bits per heavy atom. The fraction of sp³-hybridized carbons (Fsp3) is 0.556. The van der Waals surface area contributed by atoms with Crippen LogP contribution in [-0.4, -0.2) is 39.6 Å². The molecule has 1 heterocycles. The van der Waals surface area contributed by atoms with Crippen molar-refractivity contribution in [3.63, 3.8) is 0 Å². The van der Waals surface area contributed by atoms with E-state index in [1.54, 1.807) is 24.0 Å². The maximum Gasteiger partial charge on any atom is 0.223 e. The van der Waals surface area contributed by atoms with Gasteiger partial charge in [-0.2, -0.15) is 4.31 Å². The number of nitrogens with zero attached hydrogens (tertiary/aromatic N) is 3. The summed E-state index contributed by atoms with van der Waals surface area (Å²) in [5.41, 5.74) is 5.37. The first kappa shape index (κ1) is 14.1. The summed E-state index contributed by atoms with van der Waals surface area (Å²) in [7, 11) is -0.227. The summed E-state index contributed by atoms with van der Waals surface area (Å²) >= 11 is 4.71. The first-order valence-corrected chi connectivity index (χ1v) is 6.88. The van der Waals surface area contributed by atoms with Gasteiger partial charge in [0.1, 0.15) is 11.1 Å². The van der Waals surface area contributed by atoms with E-state index >= 15 is 0 Å². The van der Waals surface area contributed by atoms with Crippen LogP contribution in [0.4, 0.5) is 0 Å². The lowest BCUT2D eigenvalue weighted by atomic mass is 10.5. The molecule has 1 unspecified atom stereocenters. The number of rotatable bonds is 5. The van der Waals surface area contributed by atoms with Gasteiger partial charge in [-0.05, 0) is 6.92 Å². The van der Waals surface area contributed by atoms with E-state index < -0.39 is 15.3 Å². The molecule has 17 heavy (non-hydrogen) atoms. The third-order valence-electron chi connectivity index (χ3n) is 2.57. The van der Waals surface area contributed by atoms with Crippen LogP contribution in [-0.2, 0) is 23.6 Å². The first-order chi connectivity index (χ1) is 7.76. The van der Waals surface area contributed by atoms with Gasteiger partial charge in [-0.15, -0.1) is 0 Å². The predicted octanol–water partition coefficient (Wildman–Crippen LogP) is -0.144. The number of nitrogens with two attached hydrogens (primary N) is 1. The second kappa shape index (κ2) is 5.11. The molecular weight excluding hydrogens is 260 g/mol. The topological polar surface area (TPSA) is 81.2 Å². The number of thiocarbonyl (C=S) groups is 1. The molecule has 0 aliphatic heterocycles. The van der Waals surface area contributed by atoms with Crippen LogP contribution in [0.1, 0.15) is 12.7 Å². The molecular formula is C9H16N4O2S2. The Bertz CT molecular complexity index is 509. The molecule has 1 atom stereocenters. The quantitative estimate of drug-likeness (QED) is 0.757. The summed E-state index contributed by atoms with van der Waals surface area (Å²) in [5, 5.41) is -0.872. The standard InChI is InChI=1S/C9H16N4O2S2/c1-7(9(10)16)17(14,15)13(3)6-8-11-4-5-12(8)2/h4-5,7H,6H2,1-3H3,(H2,10,16). The molecule has 8 heteroatoms. The van der Waals surface area contributed by atoms with Crippen molar-refractivity contribution in [1.29, 1.82) is 0 Å². The Hall–Kier alpha value is -0.990. The van der Waals surface area contributed by atoms with E-state index in [9.17, 15) is 8.42 Å². The fourth-order valence-corrected chi connectivity index (χ4v) is 2.75. The number of hydrogen-bond acceptors (Lipinski definition) is 4. The van der Waals surface area contributed by atoms with E-state index in [0.717, 1.165) is 0 Å². The molecule has 0 fully saturated rings. The minimum absolute atomic E-state index is 0.0308. The van der Waals surface area contributed by atoms with Crippen molar-refractivity contribution in [3.8, 4) is 0 Å². The normalized spacial score (nSPS) is 13.9. The van der Waals surface area contributed by atoms with Crippen molar-refractivity contribution >= 4 is 27.2 Å².